The molecule has 2 rings (SSSR count). The van der Waals surface area contributed by atoms with Gasteiger partial charge in [0.2, 0.25) is 0 Å². The van der Waals surface area contributed by atoms with Crippen LogP contribution >= 0.6 is 39.1 Å². The third kappa shape index (κ3) is 3.09. The van der Waals surface area contributed by atoms with E-state index in [1.165, 1.54) is 0 Å². The molecule has 0 aliphatic heterocycles. The number of aromatic nitrogens is 3. The number of aryl methyl sites for hydroxylation is 1. The molecule has 0 bridgehead atoms. The molecule has 2 aromatic rings. The van der Waals surface area contributed by atoms with E-state index in [4.69, 9.17) is 29.0 Å². The van der Waals surface area contributed by atoms with Gasteiger partial charge in [0.25, 0.3) is 0 Å². The van der Waals surface area contributed by atoms with Crippen LogP contribution in [0.2, 0.25) is 10.0 Å². The molecule has 1 unspecified atom stereocenters. The van der Waals surface area contributed by atoms with E-state index < -0.39 is 0 Å². The number of nitrogens with two attached hydrogens (primary N) is 1. The predicted molar refractivity (Wildman–Crippen MR) is 78.9 cm³/mol. The SMILES string of the molecule is Cn1nnc(Br)c1C(Cc1c(Cl)cccc1Cl)NN. The van der Waals surface area contributed by atoms with Crippen LogP contribution in [0.15, 0.2) is 22.8 Å². The number of benzene rings is 1. The average Bonchev–Trinajstić information content (AvgIpc) is 2.70. The summed E-state index contributed by atoms with van der Waals surface area (Å²) in [7, 11) is 1.80. The third-order valence-corrected chi connectivity index (χ3v) is 4.10. The Balaban J connectivity index is 2.35. The zero-order valence-electron chi connectivity index (χ0n) is 10.1. The largest absolute Gasteiger partial charge is 0.271 e. The molecule has 1 aromatic carbocycles. The minimum atomic E-state index is -0.202. The van der Waals surface area contributed by atoms with Crippen LogP contribution in [0.1, 0.15) is 17.3 Å². The normalized spacial score (nSPS) is 12.7. The van der Waals surface area contributed by atoms with E-state index in [1.54, 1.807) is 29.9 Å². The van der Waals surface area contributed by atoms with Crippen molar-refractivity contribution in [2.24, 2.45) is 12.9 Å². The Kier molecular flexibility index (Phi) is 4.81. The summed E-state index contributed by atoms with van der Waals surface area (Å²) in [6.45, 7) is 0. The quantitative estimate of drug-likeness (QED) is 0.646. The van der Waals surface area contributed by atoms with Crippen LogP contribution in [0.5, 0.6) is 0 Å². The number of nitrogens with one attached hydrogen (secondary N) is 1. The van der Waals surface area contributed by atoms with E-state index >= 15 is 0 Å². The summed E-state index contributed by atoms with van der Waals surface area (Å²) in [5, 5.41) is 9.09. The molecule has 3 N–H and O–H groups in total. The fourth-order valence-corrected chi connectivity index (χ4v) is 3.03. The van der Waals surface area contributed by atoms with Crippen molar-refractivity contribution in [2.45, 2.75) is 12.5 Å². The second kappa shape index (κ2) is 6.19. The summed E-state index contributed by atoms with van der Waals surface area (Å²) in [6.07, 6.45) is 0.537. The third-order valence-electron chi connectivity index (χ3n) is 2.83. The highest BCUT2D eigenvalue weighted by Crippen LogP contribution is 2.30. The first kappa shape index (κ1) is 14.7. The van der Waals surface area contributed by atoms with Crippen molar-refractivity contribution in [3.63, 3.8) is 0 Å². The van der Waals surface area contributed by atoms with Gasteiger partial charge in [0.15, 0.2) is 4.60 Å². The van der Waals surface area contributed by atoms with E-state index in [0.29, 0.717) is 21.1 Å². The maximum absolute atomic E-state index is 6.17. The zero-order chi connectivity index (χ0) is 14.0. The fourth-order valence-electron chi connectivity index (χ4n) is 1.87. The van der Waals surface area contributed by atoms with Crippen molar-refractivity contribution in [3.05, 3.63) is 44.1 Å². The molecule has 0 fully saturated rings. The number of rotatable bonds is 4. The molecule has 0 radical (unpaired) electrons. The minimum absolute atomic E-state index is 0.202. The lowest BCUT2D eigenvalue weighted by molar-refractivity contribution is 0.505. The van der Waals surface area contributed by atoms with Crippen molar-refractivity contribution in [2.75, 3.05) is 0 Å². The van der Waals surface area contributed by atoms with Gasteiger partial charge in [-0.2, -0.15) is 0 Å². The first-order valence-corrected chi connectivity index (χ1v) is 7.03. The summed E-state index contributed by atoms with van der Waals surface area (Å²) in [5.74, 6) is 5.62. The number of halogens is 3. The van der Waals surface area contributed by atoms with Gasteiger partial charge in [0.1, 0.15) is 0 Å². The summed E-state index contributed by atoms with van der Waals surface area (Å²) in [5.41, 5.74) is 4.41. The molecule has 102 valence electrons. The number of hydrazine groups is 1. The maximum atomic E-state index is 6.17. The van der Waals surface area contributed by atoms with E-state index in [1.807, 2.05) is 0 Å². The standard InChI is InChI=1S/C11H12BrCl2N5/c1-19-10(11(12)17-18-19)9(16-15)5-6-7(13)3-2-4-8(6)14/h2-4,9,16H,5,15H2,1H3. The van der Waals surface area contributed by atoms with Crippen molar-refractivity contribution in [3.8, 4) is 0 Å². The molecule has 0 spiro atoms. The Hall–Kier alpha value is -0.660. The van der Waals surface area contributed by atoms with Gasteiger partial charge in [-0.25, -0.2) is 4.68 Å². The zero-order valence-corrected chi connectivity index (χ0v) is 13.2. The molecule has 5 nitrogen and oxygen atoms in total. The molecule has 0 saturated carbocycles. The Morgan fingerprint density at radius 2 is 2.05 bits per heavy atom. The van der Waals surface area contributed by atoms with E-state index in [0.717, 1.165) is 11.3 Å². The number of hydrogen-bond acceptors (Lipinski definition) is 4. The molecular weight excluding hydrogens is 353 g/mol. The Morgan fingerprint density at radius 3 is 2.53 bits per heavy atom. The van der Waals surface area contributed by atoms with Gasteiger partial charge in [-0.15, -0.1) is 5.10 Å². The summed E-state index contributed by atoms with van der Waals surface area (Å²) >= 11 is 15.7. The molecule has 19 heavy (non-hydrogen) atoms. The topological polar surface area (TPSA) is 68.8 Å². The molecule has 0 saturated heterocycles. The highest BCUT2D eigenvalue weighted by Gasteiger charge is 2.21. The van der Waals surface area contributed by atoms with Gasteiger partial charge < -0.3 is 0 Å². The van der Waals surface area contributed by atoms with Gasteiger partial charge in [-0.05, 0) is 40.0 Å². The van der Waals surface area contributed by atoms with Crippen LogP contribution in [-0.2, 0) is 13.5 Å². The molecule has 1 heterocycles. The molecule has 0 aliphatic carbocycles. The monoisotopic (exact) mass is 363 g/mol. The molecule has 0 aliphatic rings. The Morgan fingerprint density at radius 1 is 1.42 bits per heavy atom. The van der Waals surface area contributed by atoms with Crippen LogP contribution in [0.3, 0.4) is 0 Å². The first-order valence-electron chi connectivity index (χ1n) is 5.48. The highest BCUT2D eigenvalue weighted by molar-refractivity contribution is 9.10. The highest BCUT2D eigenvalue weighted by atomic mass is 79.9. The van der Waals surface area contributed by atoms with Crippen LogP contribution in [-0.4, -0.2) is 15.0 Å². The van der Waals surface area contributed by atoms with Crippen molar-refractivity contribution < 1.29 is 0 Å². The Bertz CT molecular complexity index is 547. The summed E-state index contributed by atoms with van der Waals surface area (Å²) in [6, 6.07) is 5.20. The number of nitrogens with zero attached hydrogens (tertiary/aromatic N) is 3. The van der Waals surface area contributed by atoms with Crippen LogP contribution in [0, 0.1) is 0 Å². The van der Waals surface area contributed by atoms with Crippen molar-refractivity contribution in [1.82, 2.24) is 20.4 Å². The van der Waals surface area contributed by atoms with Crippen molar-refractivity contribution in [1.29, 1.82) is 0 Å². The second-order valence-corrected chi connectivity index (χ2v) is 5.58. The lowest BCUT2D eigenvalue weighted by Gasteiger charge is -2.17. The van der Waals surface area contributed by atoms with Gasteiger partial charge in [0.05, 0.1) is 11.7 Å². The molecule has 1 aromatic heterocycles. The summed E-state index contributed by atoms with van der Waals surface area (Å²) < 4.78 is 2.29. The first-order chi connectivity index (χ1) is 9.04. The number of hydrogen-bond donors (Lipinski definition) is 2. The molecule has 1 atom stereocenters. The van der Waals surface area contributed by atoms with Gasteiger partial charge in [-0.3, -0.25) is 11.3 Å². The van der Waals surface area contributed by atoms with Crippen LogP contribution < -0.4 is 11.3 Å². The maximum Gasteiger partial charge on any atom is 0.153 e. The molecule has 0 amide bonds. The van der Waals surface area contributed by atoms with Gasteiger partial charge >= 0.3 is 0 Å². The second-order valence-electron chi connectivity index (χ2n) is 4.01. The lowest BCUT2D eigenvalue weighted by atomic mass is 10.0. The van der Waals surface area contributed by atoms with E-state index in [9.17, 15) is 0 Å². The molecule has 8 heteroatoms. The average molecular weight is 365 g/mol. The van der Waals surface area contributed by atoms with E-state index in [2.05, 4.69) is 31.7 Å². The van der Waals surface area contributed by atoms with Crippen molar-refractivity contribution >= 4 is 39.1 Å². The van der Waals surface area contributed by atoms with Gasteiger partial charge in [0, 0.05) is 17.1 Å². The fraction of sp³-hybridized carbons (Fsp3) is 0.273. The van der Waals surface area contributed by atoms with E-state index in [-0.39, 0.29) is 6.04 Å². The smallest absolute Gasteiger partial charge is 0.153 e. The Labute approximate surface area is 129 Å². The minimum Gasteiger partial charge on any atom is -0.271 e. The predicted octanol–water partition coefficient (Wildman–Crippen LogP) is 2.63. The summed E-state index contributed by atoms with van der Waals surface area (Å²) in [4.78, 5) is 0. The molecular formula is C11H12BrCl2N5. The van der Waals surface area contributed by atoms with Crippen LogP contribution in [0.4, 0.5) is 0 Å². The van der Waals surface area contributed by atoms with Gasteiger partial charge in [-0.1, -0.05) is 34.5 Å². The lowest BCUT2D eigenvalue weighted by Crippen LogP contribution is -2.31. The van der Waals surface area contributed by atoms with Crippen LogP contribution in [0.25, 0.3) is 0 Å².